The molecule has 0 saturated heterocycles. The lowest BCUT2D eigenvalue weighted by atomic mass is 9.90. The van der Waals surface area contributed by atoms with E-state index in [9.17, 15) is 0 Å². The number of rotatable bonds is 2. The number of hydrogen-bond donors (Lipinski definition) is 2. The van der Waals surface area contributed by atoms with Crippen molar-refractivity contribution >= 4 is 34.6 Å². The molecule has 6 heteroatoms. The Balaban J connectivity index is 1.78. The Morgan fingerprint density at radius 1 is 1.32 bits per heavy atom. The van der Waals surface area contributed by atoms with Crippen LogP contribution in [-0.4, -0.2) is 10.7 Å². The topological polar surface area (TPSA) is 57.1 Å². The van der Waals surface area contributed by atoms with Crippen LogP contribution >= 0.6 is 23.8 Å². The van der Waals surface area contributed by atoms with Crippen molar-refractivity contribution in [3.63, 3.8) is 0 Å². The summed E-state index contributed by atoms with van der Waals surface area (Å²) in [5, 5.41) is 16.6. The highest BCUT2D eigenvalue weighted by atomic mass is 35.5. The van der Waals surface area contributed by atoms with Crippen molar-refractivity contribution in [1.29, 1.82) is 5.26 Å². The lowest BCUT2D eigenvalue weighted by Gasteiger charge is -2.38. The van der Waals surface area contributed by atoms with Gasteiger partial charge in [0.25, 0.3) is 0 Å². The van der Waals surface area contributed by atoms with Crippen LogP contribution in [0.4, 0.5) is 5.69 Å². The monoisotopic (exact) mass is 371 g/mol. The highest BCUT2D eigenvalue weighted by Gasteiger charge is 2.34. The van der Waals surface area contributed by atoms with Gasteiger partial charge in [0.15, 0.2) is 5.11 Å². The molecule has 0 fully saturated rings. The number of nitriles is 1. The van der Waals surface area contributed by atoms with Crippen LogP contribution in [0.1, 0.15) is 37.4 Å². The first-order valence-electron chi connectivity index (χ1n) is 7.92. The van der Waals surface area contributed by atoms with Crippen molar-refractivity contribution in [3.05, 3.63) is 58.6 Å². The van der Waals surface area contributed by atoms with Crippen LogP contribution in [-0.2, 0) is 0 Å². The molecule has 2 aromatic rings. The summed E-state index contributed by atoms with van der Waals surface area (Å²) >= 11 is 11.6. The smallest absolute Gasteiger partial charge is 0.171 e. The van der Waals surface area contributed by atoms with Gasteiger partial charge in [-0.25, -0.2) is 0 Å². The first kappa shape index (κ1) is 17.5. The Kier molecular flexibility index (Phi) is 4.85. The van der Waals surface area contributed by atoms with Crippen LogP contribution in [0.2, 0.25) is 5.02 Å². The number of halogens is 1. The fraction of sp³-hybridized carbons (Fsp3) is 0.263. The minimum absolute atomic E-state index is 0.0170. The quantitative estimate of drug-likeness (QED) is 0.742. The third-order valence-corrected chi connectivity index (χ3v) is 4.44. The predicted molar refractivity (Wildman–Crippen MR) is 104 cm³/mol. The van der Waals surface area contributed by atoms with Crippen LogP contribution in [0.15, 0.2) is 42.5 Å². The van der Waals surface area contributed by atoms with E-state index in [-0.39, 0.29) is 11.6 Å². The average Bonchev–Trinajstić information content (AvgIpc) is 2.55. The van der Waals surface area contributed by atoms with E-state index in [0.717, 1.165) is 23.4 Å². The number of nitrogens with zero attached hydrogens (tertiary/aromatic N) is 1. The molecule has 4 nitrogen and oxygen atoms in total. The zero-order valence-electron chi connectivity index (χ0n) is 14.0. The molecule has 1 aliphatic rings. The van der Waals surface area contributed by atoms with E-state index in [4.69, 9.17) is 33.8 Å². The molecule has 1 heterocycles. The van der Waals surface area contributed by atoms with Crippen molar-refractivity contribution in [2.24, 2.45) is 0 Å². The first-order chi connectivity index (χ1) is 11.9. The van der Waals surface area contributed by atoms with Gasteiger partial charge in [-0.05, 0) is 62.5 Å². The second kappa shape index (κ2) is 6.91. The third kappa shape index (κ3) is 4.22. The number of thiocarbonyl (C=S) groups is 1. The maximum Gasteiger partial charge on any atom is 0.171 e. The molecule has 2 N–H and O–H groups in total. The highest BCUT2D eigenvalue weighted by Crippen LogP contribution is 2.40. The summed E-state index contributed by atoms with van der Waals surface area (Å²) in [6.45, 7) is 4.10. The molecular weight excluding hydrogens is 354 g/mol. The van der Waals surface area contributed by atoms with Crippen molar-refractivity contribution in [1.82, 2.24) is 5.32 Å². The Labute approximate surface area is 157 Å². The maximum absolute atomic E-state index is 9.00. The molecule has 0 amide bonds. The number of hydrogen-bond acceptors (Lipinski definition) is 3. The summed E-state index contributed by atoms with van der Waals surface area (Å²) < 4.78 is 6.04. The molecule has 0 saturated carbocycles. The standard InChI is InChI=1S/C19H18ClN3OS/c1-19(2)10-16(15-9-13(20)6-7-17(15)24-19)23-18(25)22-14-5-3-4-12(8-14)11-21/h3-9,16H,10H2,1-2H3,(H2,22,23,25)/t16-/m0/s1. The van der Waals surface area contributed by atoms with E-state index in [1.165, 1.54) is 0 Å². The van der Waals surface area contributed by atoms with E-state index >= 15 is 0 Å². The summed E-state index contributed by atoms with van der Waals surface area (Å²) in [6, 6.07) is 14.9. The Bertz CT molecular complexity index is 860. The van der Waals surface area contributed by atoms with Gasteiger partial charge in [-0.2, -0.15) is 5.26 Å². The van der Waals surface area contributed by atoms with Crippen molar-refractivity contribution < 1.29 is 4.74 Å². The van der Waals surface area contributed by atoms with Crippen molar-refractivity contribution in [2.45, 2.75) is 31.9 Å². The second-order valence-corrected chi connectivity index (χ2v) is 7.44. The molecule has 2 aromatic carbocycles. The van der Waals surface area contributed by atoms with Gasteiger partial charge in [0, 0.05) is 22.7 Å². The van der Waals surface area contributed by atoms with Crippen LogP contribution in [0.25, 0.3) is 0 Å². The summed E-state index contributed by atoms with van der Waals surface area (Å²) in [6.07, 6.45) is 0.750. The molecule has 0 radical (unpaired) electrons. The molecule has 1 atom stereocenters. The predicted octanol–water partition coefficient (Wildman–Crippen LogP) is 4.80. The number of nitrogens with one attached hydrogen (secondary N) is 2. The molecule has 3 rings (SSSR count). The van der Waals surface area contributed by atoms with Gasteiger partial charge >= 0.3 is 0 Å². The SMILES string of the molecule is CC1(C)C[C@H](NC(=S)Nc2cccc(C#N)c2)c2cc(Cl)ccc2O1. The highest BCUT2D eigenvalue weighted by molar-refractivity contribution is 7.80. The maximum atomic E-state index is 9.00. The van der Waals surface area contributed by atoms with Crippen LogP contribution in [0, 0.1) is 11.3 Å². The van der Waals surface area contributed by atoms with Crippen LogP contribution < -0.4 is 15.4 Å². The van der Waals surface area contributed by atoms with Gasteiger partial charge < -0.3 is 15.4 Å². The molecule has 0 unspecified atom stereocenters. The molecule has 1 aliphatic heterocycles. The molecule has 0 aromatic heterocycles. The van der Waals surface area contributed by atoms with E-state index in [1.807, 2.05) is 44.2 Å². The first-order valence-corrected chi connectivity index (χ1v) is 8.71. The van der Waals surface area contributed by atoms with Crippen molar-refractivity contribution in [2.75, 3.05) is 5.32 Å². The van der Waals surface area contributed by atoms with Crippen LogP contribution in [0.5, 0.6) is 5.75 Å². The second-order valence-electron chi connectivity index (χ2n) is 6.59. The van der Waals surface area contributed by atoms with E-state index in [2.05, 4.69) is 16.7 Å². The minimum atomic E-state index is -0.311. The Hall–Kier alpha value is -2.29. The van der Waals surface area contributed by atoms with E-state index in [0.29, 0.717) is 15.7 Å². The number of benzene rings is 2. The number of fused-ring (bicyclic) bond motifs is 1. The molecule has 128 valence electrons. The van der Waals surface area contributed by atoms with Gasteiger partial charge in [-0.3, -0.25) is 0 Å². The van der Waals surface area contributed by atoms with Gasteiger partial charge in [-0.1, -0.05) is 17.7 Å². The zero-order chi connectivity index (χ0) is 18.0. The van der Waals surface area contributed by atoms with Crippen LogP contribution in [0.3, 0.4) is 0 Å². The third-order valence-electron chi connectivity index (χ3n) is 3.98. The number of ether oxygens (including phenoxy) is 1. The molecule has 0 aliphatic carbocycles. The summed E-state index contributed by atoms with van der Waals surface area (Å²) in [4.78, 5) is 0. The Morgan fingerprint density at radius 2 is 2.12 bits per heavy atom. The zero-order valence-corrected chi connectivity index (χ0v) is 15.5. The Morgan fingerprint density at radius 3 is 2.88 bits per heavy atom. The largest absolute Gasteiger partial charge is 0.487 e. The van der Waals surface area contributed by atoms with Gasteiger partial charge in [0.05, 0.1) is 17.7 Å². The molecule has 0 spiro atoms. The fourth-order valence-electron chi connectivity index (χ4n) is 2.95. The van der Waals surface area contributed by atoms with Gasteiger partial charge in [0.2, 0.25) is 0 Å². The summed E-state index contributed by atoms with van der Waals surface area (Å²) in [7, 11) is 0. The van der Waals surface area contributed by atoms with Gasteiger partial charge in [-0.15, -0.1) is 0 Å². The van der Waals surface area contributed by atoms with Gasteiger partial charge in [0.1, 0.15) is 11.4 Å². The lowest BCUT2D eigenvalue weighted by Crippen LogP contribution is -2.42. The fourth-order valence-corrected chi connectivity index (χ4v) is 3.39. The summed E-state index contributed by atoms with van der Waals surface area (Å²) in [5.74, 6) is 0.812. The minimum Gasteiger partial charge on any atom is -0.487 e. The summed E-state index contributed by atoms with van der Waals surface area (Å²) in [5.41, 5.74) is 2.03. The number of anilines is 1. The van der Waals surface area contributed by atoms with E-state index in [1.54, 1.807) is 12.1 Å². The van der Waals surface area contributed by atoms with Crippen molar-refractivity contribution in [3.8, 4) is 11.8 Å². The molecule has 0 bridgehead atoms. The molecular formula is C19H18ClN3OS. The lowest BCUT2D eigenvalue weighted by molar-refractivity contribution is 0.0697. The van der Waals surface area contributed by atoms with E-state index < -0.39 is 0 Å². The molecule has 25 heavy (non-hydrogen) atoms. The average molecular weight is 372 g/mol. The normalized spacial score (nSPS) is 17.6.